The summed E-state index contributed by atoms with van der Waals surface area (Å²) in [5, 5.41) is 3.10. The second-order valence-corrected chi connectivity index (χ2v) is 6.96. The third-order valence-electron chi connectivity index (χ3n) is 2.12. The van der Waals surface area contributed by atoms with E-state index in [0.29, 0.717) is 6.54 Å². The van der Waals surface area contributed by atoms with Gasteiger partial charge in [0.1, 0.15) is 0 Å². The highest BCUT2D eigenvalue weighted by Crippen LogP contribution is 2.17. The Kier molecular flexibility index (Phi) is 4.73. The second-order valence-electron chi connectivity index (χ2n) is 3.68. The molecule has 0 unspecified atom stereocenters. The number of anilines is 1. The number of sulfonamides is 1. The maximum Gasteiger partial charge on any atom is 0.242 e. The largest absolute Gasteiger partial charge is 0.380 e. The molecule has 1 aromatic rings. The fourth-order valence-electron chi connectivity index (χ4n) is 1.15. The van der Waals surface area contributed by atoms with Gasteiger partial charge >= 0.3 is 0 Å². The van der Waals surface area contributed by atoms with Crippen molar-refractivity contribution in [2.24, 2.45) is 0 Å². The Balaban J connectivity index is 2.85. The standard InChI is InChI=1S/C11H15BrN2O2S/c1-9(12)8-13-10-4-6-11(7-5-10)17(15,16)14(2)3/h4-7,13H,1,8H2,2-3H3. The number of hydrogen-bond acceptors (Lipinski definition) is 3. The minimum atomic E-state index is -3.35. The van der Waals surface area contributed by atoms with Crippen LogP contribution in [0.5, 0.6) is 0 Å². The zero-order valence-corrected chi connectivity index (χ0v) is 12.2. The van der Waals surface area contributed by atoms with Crippen LogP contribution in [0.25, 0.3) is 0 Å². The molecule has 1 aromatic carbocycles. The van der Waals surface area contributed by atoms with E-state index >= 15 is 0 Å². The molecule has 94 valence electrons. The first-order valence-corrected chi connectivity index (χ1v) is 7.17. The zero-order chi connectivity index (χ0) is 13.1. The molecule has 0 fully saturated rings. The molecule has 0 aliphatic rings. The Morgan fingerprint density at radius 2 is 1.88 bits per heavy atom. The maximum absolute atomic E-state index is 11.8. The lowest BCUT2D eigenvalue weighted by Crippen LogP contribution is -2.22. The predicted molar refractivity (Wildman–Crippen MR) is 73.9 cm³/mol. The molecule has 0 heterocycles. The Hall–Kier alpha value is -0.850. The number of benzene rings is 1. The van der Waals surface area contributed by atoms with Gasteiger partial charge in [0.05, 0.1) is 4.90 Å². The number of halogens is 1. The first kappa shape index (κ1) is 14.2. The molecule has 0 saturated heterocycles. The van der Waals surface area contributed by atoms with Gasteiger partial charge < -0.3 is 5.32 Å². The average Bonchev–Trinajstić information content (AvgIpc) is 2.26. The van der Waals surface area contributed by atoms with Crippen LogP contribution in [-0.4, -0.2) is 33.4 Å². The molecule has 17 heavy (non-hydrogen) atoms. The monoisotopic (exact) mass is 318 g/mol. The van der Waals surface area contributed by atoms with Crippen LogP contribution < -0.4 is 5.32 Å². The fraction of sp³-hybridized carbons (Fsp3) is 0.273. The molecule has 0 saturated carbocycles. The summed E-state index contributed by atoms with van der Waals surface area (Å²) in [7, 11) is -0.326. The highest BCUT2D eigenvalue weighted by molar-refractivity contribution is 9.11. The smallest absolute Gasteiger partial charge is 0.242 e. The van der Waals surface area contributed by atoms with E-state index in [4.69, 9.17) is 0 Å². The van der Waals surface area contributed by atoms with E-state index in [1.807, 2.05) is 0 Å². The van der Waals surface area contributed by atoms with Gasteiger partial charge in [0, 0.05) is 30.8 Å². The van der Waals surface area contributed by atoms with Gasteiger partial charge in [-0.15, -0.1) is 0 Å². The molecule has 1 rings (SSSR count). The number of hydrogen-bond donors (Lipinski definition) is 1. The molecule has 0 atom stereocenters. The quantitative estimate of drug-likeness (QED) is 0.906. The van der Waals surface area contributed by atoms with Crippen LogP contribution in [0.2, 0.25) is 0 Å². The number of nitrogens with zero attached hydrogens (tertiary/aromatic N) is 1. The van der Waals surface area contributed by atoms with Gasteiger partial charge in [0.25, 0.3) is 0 Å². The molecule has 0 aromatic heterocycles. The summed E-state index contributed by atoms with van der Waals surface area (Å²) in [4.78, 5) is 0.283. The van der Waals surface area contributed by atoms with E-state index in [1.54, 1.807) is 24.3 Å². The molecular formula is C11H15BrN2O2S. The van der Waals surface area contributed by atoms with Crippen molar-refractivity contribution in [3.05, 3.63) is 35.3 Å². The molecular weight excluding hydrogens is 304 g/mol. The lowest BCUT2D eigenvalue weighted by atomic mass is 10.3. The van der Waals surface area contributed by atoms with Crippen molar-refractivity contribution in [2.45, 2.75) is 4.90 Å². The van der Waals surface area contributed by atoms with E-state index in [9.17, 15) is 8.42 Å². The summed E-state index contributed by atoms with van der Waals surface area (Å²) >= 11 is 3.24. The van der Waals surface area contributed by atoms with Crippen LogP contribution in [0.1, 0.15) is 0 Å². The summed E-state index contributed by atoms with van der Waals surface area (Å²) in [6.45, 7) is 4.30. The maximum atomic E-state index is 11.8. The van der Waals surface area contributed by atoms with Crippen molar-refractivity contribution < 1.29 is 8.42 Å². The average molecular weight is 319 g/mol. The van der Waals surface area contributed by atoms with Crippen molar-refractivity contribution in [3.63, 3.8) is 0 Å². The van der Waals surface area contributed by atoms with Gasteiger partial charge in [-0.1, -0.05) is 22.5 Å². The van der Waals surface area contributed by atoms with Gasteiger partial charge in [0.15, 0.2) is 0 Å². The Morgan fingerprint density at radius 1 is 1.35 bits per heavy atom. The van der Waals surface area contributed by atoms with Gasteiger partial charge in [-0.2, -0.15) is 0 Å². The van der Waals surface area contributed by atoms with Crippen molar-refractivity contribution in [2.75, 3.05) is 26.0 Å². The van der Waals surface area contributed by atoms with Crippen molar-refractivity contribution >= 4 is 31.6 Å². The van der Waals surface area contributed by atoms with Crippen LogP contribution in [-0.2, 0) is 10.0 Å². The highest BCUT2D eigenvalue weighted by Gasteiger charge is 2.16. The van der Waals surface area contributed by atoms with Crippen molar-refractivity contribution in [1.82, 2.24) is 4.31 Å². The lowest BCUT2D eigenvalue weighted by Gasteiger charge is -2.12. The molecule has 0 radical (unpaired) electrons. The molecule has 0 aliphatic carbocycles. The normalized spacial score (nSPS) is 11.5. The van der Waals surface area contributed by atoms with Gasteiger partial charge in [-0.25, -0.2) is 12.7 Å². The second kappa shape index (κ2) is 5.66. The van der Waals surface area contributed by atoms with E-state index < -0.39 is 10.0 Å². The Bertz CT molecular complexity index is 495. The van der Waals surface area contributed by atoms with Crippen molar-refractivity contribution in [1.29, 1.82) is 0 Å². The predicted octanol–water partition coefficient (Wildman–Crippen LogP) is 2.26. The summed E-state index contributed by atoms with van der Waals surface area (Å²) in [6, 6.07) is 6.61. The topological polar surface area (TPSA) is 49.4 Å². The minimum Gasteiger partial charge on any atom is -0.380 e. The Labute approximate surface area is 111 Å². The van der Waals surface area contributed by atoms with Crippen molar-refractivity contribution in [3.8, 4) is 0 Å². The third-order valence-corrected chi connectivity index (χ3v) is 4.23. The molecule has 0 amide bonds. The van der Waals surface area contributed by atoms with E-state index in [2.05, 4.69) is 27.8 Å². The summed E-state index contributed by atoms with van der Waals surface area (Å²) in [5.74, 6) is 0. The lowest BCUT2D eigenvalue weighted by molar-refractivity contribution is 0.521. The van der Waals surface area contributed by atoms with Crippen LogP contribution in [0.4, 0.5) is 5.69 Å². The SMILES string of the molecule is C=C(Br)CNc1ccc(S(=O)(=O)N(C)C)cc1. The first-order valence-electron chi connectivity index (χ1n) is 4.94. The Morgan fingerprint density at radius 3 is 2.29 bits per heavy atom. The van der Waals surface area contributed by atoms with Gasteiger partial charge in [0.2, 0.25) is 10.0 Å². The molecule has 0 bridgehead atoms. The van der Waals surface area contributed by atoms with E-state index in [0.717, 1.165) is 10.2 Å². The summed E-state index contributed by atoms with van der Waals surface area (Å²) < 4.78 is 25.6. The van der Waals surface area contributed by atoms with Crippen LogP contribution in [0, 0.1) is 0 Å². The van der Waals surface area contributed by atoms with E-state index in [1.165, 1.54) is 18.4 Å². The molecule has 6 heteroatoms. The molecule has 4 nitrogen and oxygen atoms in total. The minimum absolute atomic E-state index is 0.283. The summed E-state index contributed by atoms with van der Waals surface area (Å²) in [6.07, 6.45) is 0. The third kappa shape index (κ3) is 3.83. The van der Waals surface area contributed by atoms with Crippen LogP contribution >= 0.6 is 15.9 Å². The highest BCUT2D eigenvalue weighted by atomic mass is 79.9. The van der Waals surface area contributed by atoms with Crippen LogP contribution in [0.3, 0.4) is 0 Å². The van der Waals surface area contributed by atoms with Gasteiger partial charge in [-0.05, 0) is 24.3 Å². The molecule has 1 N–H and O–H groups in total. The first-order chi connectivity index (χ1) is 7.84. The molecule has 0 aliphatic heterocycles. The van der Waals surface area contributed by atoms with Gasteiger partial charge in [-0.3, -0.25) is 0 Å². The zero-order valence-electron chi connectivity index (χ0n) is 9.77. The summed E-state index contributed by atoms with van der Waals surface area (Å²) in [5.41, 5.74) is 0.850. The fourth-order valence-corrected chi connectivity index (χ4v) is 2.20. The number of rotatable bonds is 5. The molecule has 0 spiro atoms. The van der Waals surface area contributed by atoms with Crippen LogP contribution in [0.15, 0.2) is 40.2 Å². The number of nitrogens with one attached hydrogen (secondary N) is 1. The van der Waals surface area contributed by atoms with E-state index in [-0.39, 0.29) is 4.90 Å².